The fourth-order valence-electron chi connectivity index (χ4n) is 2.35. The Morgan fingerprint density at radius 1 is 1.12 bits per heavy atom. The first kappa shape index (κ1) is 10.8. The molecule has 0 radical (unpaired) electrons. The summed E-state index contributed by atoms with van der Waals surface area (Å²) in [5.74, 6) is 0.301. The lowest BCUT2D eigenvalue weighted by Gasteiger charge is -2.09. The molecule has 0 saturated heterocycles. The molecule has 0 fully saturated rings. The van der Waals surface area contributed by atoms with Crippen molar-refractivity contribution in [3.05, 3.63) is 52.5 Å². The molecule has 1 nitrogen and oxygen atoms in total. The van der Waals surface area contributed by atoms with Crippen molar-refractivity contribution in [3.8, 4) is 0 Å². The third-order valence-corrected chi connectivity index (χ3v) is 4.37. The number of benzene rings is 1. The fourth-order valence-corrected chi connectivity index (χ4v) is 3.45. The van der Waals surface area contributed by atoms with E-state index in [1.807, 2.05) is 12.1 Å². The van der Waals surface area contributed by atoms with E-state index in [1.54, 1.807) is 11.8 Å². The zero-order valence-electron chi connectivity index (χ0n) is 9.61. The summed E-state index contributed by atoms with van der Waals surface area (Å²) >= 11 is 1.79. The number of rotatable bonds is 2. The normalized spacial score (nSPS) is 18.1. The number of carbonyl (C=O) groups is 1. The highest BCUT2D eigenvalue weighted by Gasteiger charge is 2.22. The summed E-state index contributed by atoms with van der Waals surface area (Å²) in [4.78, 5) is 14.2. The van der Waals surface area contributed by atoms with Crippen LogP contribution in [-0.2, 0) is 6.42 Å². The number of ketones is 1. The van der Waals surface area contributed by atoms with E-state index in [0.29, 0.717) is 12.2 Å². The van der Waals surface area contributed by atoms with Gasteiger partial charge < -0.3 is 0 Å². The molecule has 0 bridgehead atoms. The summed E-state index contributed by atoms with van der Waals surface area (Å²) < 4.78 is 0. The molecule has 0 unspecified atom stereocenters. The van der Waals surface area contributed by atoms with Crippen LogP contribution in [0.4, 0.5) is 0 Å². The van der Waals surface area contributed by atoms with Crippen molar-refractivity contribution in [2.75, 3.05) is 0 Å². The van der Waals surface area contributed by atoms with E-state index in [9.17, 15) is 4.79 Å². The van der Waals surface area contributed by atoms with E-state index in [-0.39, 0.29) is 0 Å². The molecule has 1 aromatic rings. The molecule has 0 saturated carbocycles. The monoisotopic (exact) mass is 242 g/mol. The third kappa shape index (κ3) is 2.09. The van der Waals surface area contributed by atoms with Gasteiger partial charge in [-0.1, -0.05) is 42.1 Å². The Morgan fingerprint density at radius 3 is 2.88 bits per heavy atom. The van der Waals surface area contributed by atoms with Crippen molar-refractivity contribution in [1.29, 1.82) is 0 Å². The molecule has 0 N–H and O–H groups in total. The SMILES string of the molecule is O=C1CCc2c(SC3=CCCC=C3)cccc21. The van der Waals surface area contributed by atoms with Gasteiger partial charge in [-0.15, -0.1) is 0 Å². The zero-order chi connectivity index (χ0) is 11.7. The van der Waals surface area contributed by atoms with Crippen LogP contribution in [0.1, 0.15) is 35.2 Å². The van der Waals surface area contributed by atoms with Gasteiger partial charge in [0.2, 0.25) is 0 Å². The van der Waals surface area contributed by atoms with E-state index < -0.39 is 0 Å². The second-order valence-corrected chi connectivity index (χ2v) is 5.51. The van der Waals surface area contributed by atoms with Gasteiger partial charge in [-0.3, -0.25) is 4.79 Å². The number of carbonyl (C=O) groups excluding carboxylic acids is 1. The predicted molar refractivity (Wildman–Crippen MR) is 71.4 cm³/mol. The Bertz CT molecular complexity index is 526. The van der Waals surface area contributed by atoms with Crippen molar-refractivity contribution in [2.45, 2.75) is 30.6 Å². The maximum Gasteiger partial charge on any atom is 0.163 e. The van der Waals surface area contributed by atoms with Crippen molar-refractivity contribution >= 4 is 17.5 Å². The second-order valence-electron chi connectivity index (χ2n) is 4.39. The smallest absolute Gasteiger partial charge is 0.163 e. The number of hydrogen-bond donors (Lipinski definition) is 0. The second kappa shape index (κ2) is 4.53. The number of allylic oxidation sites excluding steroid dienone is 3. The molecule has 0 spiro atoms. The van der Waals surface area contributed by atoms with Crippen LogP contribution in [0, 0.1) is 0 Å². The molecule has 86 valence electrons. The van der Waals surface area contributed by atoms with Gasteiger partial charge in [-0.05, 0) is 30.9 Å². The highest BCUT2D eigenvalue weighted by molar-refractivity contribution is 8.03. The van der Waals surface area contributed by atoms with Gasteiger partial charge in [-0.25, -0.2) is 0 Å². The highest BCUT2D eigenvalue weighted by atomic mass is 32.2. The summed E-state index contributed by atoms with van der Waals surface area (Å²) in [6, 6.07) is 6.09. The van der Waals surface area contributed by atoms with Gasteiger partial charge in [0.25, 0.3) is 0 Å². The van der Waals surface area contributed by atoms with E-state index in [4.69, 9.17) is 0 Å². The fraction of sp³-hybridized carbons (Fsp3) is 0.267. The van der Waals surface area contributed by atoms with Crippen molar-refractivity contribution in [1.82, 2.24) is 0 Å². The summed E-state index contributed by atoms with van der Waals surface area (Å²) in [5.41, 5.74) is 2.19. The average molecular weight is 242 g/mol. The Balaban J connectivity index is 1.92. The zero-order valence-corrected chi connectivity index (χ0v) is 10.4. The minimum Gasteiger partial charge on any atom is -0.294 e. The van der Waals surface area contributed by atoms with Crippen LogP contribution in [0.3, 0.4) is 0 Å². The maximum absolute atomic E-state index is 11.7. The van der Waals surface area contributed by atoms with E-state index in [0.717, 1.165) is 24.8 Å². The van der Waals surface area contributed by atoms with Gasteiger partial charge >= 0.3 is 0 Å². The Kier molecular flexibility index (Phi) is 2.89. The van der Waals surface area contributed by atoms with Crippen molar-refractivity contribution < 1.29 is 4.79 Å². The van der Waals surface area contributed by atoms with Crippen LogP contribution in [-0.4, -0.2) is 5.78 Å². The lowest BCUT2D eigenvalue weighted by atomic mass is 10.1. The molecule has 3 rings (SSSR count). The minimum absolute atomic E-state index is 0.301. The lowest BCUT2D eigenvalue weighted by Crippen LogP contribution is -1.91. The number of hydrogen-bond acceptors (Lipinski definition) is 2. The maximum atomic E-state index is 11.7. The molecule has 0 aromatic heterocycles. The number of fused-ring (bicyclic) bond motifs is 1. The molecule has 2 heteroatoms. The molecule has 0 aliphatic heterocycles. The van der Waals surface area contributed by atoms with Crippen LogP contribution in [0.5, 0.6) is 0 Å². The van der Waals surface area contributed by atoms with E-state index in [2.05, 4.69) is 24.3 Å². The first-order valence-electron chi connectivity index (χ1n) is 6.04. The van der Waals surface area contributed by atoms with Crippen LogP contribution in [0.15, 0.2) is 46.2 Å². The van der Waals surface area contributed by atoms with E-state index in [1.165, 1.54) is 15.4 Å². The number of Topliss-reactive ketones (excluding diaryl/α,β-unsaturated/α-hetero) is 1. The average Bonchev–Trinajstić information content (AvgIpc) is 2.74. The number of thioether (sulfide) groups is 1. The molecule has 2 aliphatic rings. The summed E-state index contributed by atoms with van der Waals surface area (Å²) in [7, 11) is 0. The first-order chi connectivity index (χ1) is 8.34. The van der Waals surface area contributed by atoms with Crippen molar-refractivity contribution in [3.63, 3.8) is 0 Å². The van der Waals surface area contributed by atoms with Crippen LogP contribution >= 0.6 is 11.8 Å². The van der Waals surface area contributed by atoms with Gasteiger partial charge in [-0.2, -0.15) is 0 Å². The molecule has 1 aromatic carbocycles. The minimum atomic E-state index is 0.301. The first-order valence-corrected chi connectivity index (χ1v) is 6.86. The lowest BCUT2D eigenvalue weighted by molar-refractivity contribution is 0.0994. The van der Waals surface area contributed by atoms with Crippen LogP contribution in [0.25, 0.3) is 0 Å². The molecule has 17 heavy (non-hydrogen) atoms. The topological polar surface area (TPSA) is 17.1 Å². The molecule has 0 amide bonds. The molecule has 0 heterocycles. The predicted octanol–water partition coefficient (Wildman–Crippen LogP) is 4.14. The summed E-state index contributed by atoms with van der Waals surface area (Å²) in [6.45, 7) is 0. The summed E-state index contributed by atoms with van der Waals surface area (Å²) in [5, 5.41) is 0. The molecule has 0 atom stereocenters. The third-order valence-electron chi connectivity index (χ3n) is 3.22. The largest absolute Gasteiger partial charge is 0.294 e. The molecular formula is C15H14OS. The van der Waals surface area contributed by atoms with Crippen molar-refractivity contribution in [2.24, 2.45) is 0 Å². The van der Waals surface area contributed by atoms with E-state index >= 15 is 0 Å². The Labute approximate surface area is 106 Å². The van der Waals surface area contributed by atoms with Crippen LogP contribution < -0.4 is 0 Å². The summed E-state index contributed by atoms with van der Waals surface area (Å²) in [6.07, 6.45) is 10.6. The van der Waals surface area contributed by atoms with Gasteiger partial charge in [0.05, 0.1) is 0 Å². The quantitative estimate of drug-likeness (QED) is 0.775. The molecular weight excluding hydrogens is 228 g/mol. The van der Waals surface area contributed by atoms with Gasteiger partial charge in [0.1, 0.15) is 0 Å². The Morgan fingerprint density at radius 2 is 2.06 bits per heavy atom. The van der Waals surface area contributed by atoms with Gasteiger partial charge in [0, 0.05) is 21.8 Å². The molecule has 2 aliphatic carbocycles. The van der Waals surface area contributed by atoms with Gasteiger partial charge in [0.15, 0.2) is 5.78 Å². The standard InChI is InChI=1S/C15H14OS/c16-14-10-9-13-12(14)7-4-8-15(13)17-11-5-2-1-3-6-11/h2,4-8H,1,3,9-10H2. The van der Waals surface area contributed by atoms with Crippen LogP contribution in [0.2, 0.25) is 0 Å². The Hall–Kier alpha value is -1.28. The highest BCUT2D eigenvalue weighted by Crippen LogP contribution is 2.36.